The molecule has 30 heavy (non-hydrogen) atoms. The Kier molecular flexibility index (Phi) is 5.55. The highest BCUT2D eigenvalue weighted by Gasteiger charge is 2.38. The summed E-state index contributed by atoms with van der Waals surface area (Å²) in [6.07, 6.45) is 7.53. The Morgan fingerprint density at radius 1 is 1.20 bits per heavy atom. The smallest absolute Gasteiger partial charge is 0.256 e. The monoisotopic (exact) mass is 419 g/mol. The number of furan rings is 1. The zero-order valence-corrected chi connectivity index (χ0v) is 17.6. The lowest BCUT2D eigenvalue weighted by Crippen LogP contribution is -2.14. The van der Waals surface area contributed by atoms with Crippen molar-refractivity contribution in [1.29, 1.82) is 0 Å². The van der Waals surface area contributed by atoms with E-state index in [1.54, 1.807) is 12.1 Å². The fraction of sp³-hybridized carbons (Fsp3) is 0.318. The van der Waals surface area contributed by atoms with Crippen LogP contribution in [0.2, 0.25) is 0 Å². The molecule has 1 aliphatic rings. The van der Waals surface area contributed by atoms with Gasteiger partial charge in [0.25, 0.3) is 5.91 Å². The number of thioether (sulfide) groups is 1. The van der Waals surface area contributed by atoms with Gasteiger partial charge in [-0.2, -0.15) is 15.2 Å². The van der Waals surface area contributed by atoms with Gasteiger partial charge in [0, 0.05) is 36.1 Å². The number of nitrogens with zero attached hydrogens (tertiary/aromatic N) is 4. The average molecular weight is 420 g/mol. The zero-order valence-electron chi connectivity index (χ0n) is 16.8. The molecule has 7 nitrogen and oxygen atoms in total. The van der Waals surface area contributed by atoms with Gasteiger partial charge in [0.15, 0.2) is 10.8 Å². The van der Waals surface area contributed by atoms with Gasteiger partial charge < -0.3 is 9.73 Å². The van der Waals surface area contributed by atoms with E-state index in [1.807, 2.05) is 32.0 Å². The van der Waals surface area contributed by atoms with Gasteiger partial charge >= 0.3 is 0 Å². The molecule has 152 valence electrons. The molecule has 0 bridgehead atoms. The zero-order chi connectivity index (χ0) is 21.1. The second-order valence-electron chi connectivity index (χ2n) is 7.12. The van der Waals surface area contributed by atoms with Crippen molar-refractivity contribution >= 4 is 34.6 Å². The van der Waals surface area contributed by atoms with Crippen LogP contribution in [-0.4, -0.2) is 27.3 Å². The second kappa shape index (κ2) is 8.28. The summed E-state index contributed by atoms with van der Waals surface area (Å²) >= 11 is 1.48. The summed E-state index contributed by atoms with van der Waals surface area (Å²) in [6, 6.07) is 9.03. The van der Waals surface area contributed by atoms with Gasteiger partial charge in [-0.1, -0.05) is 30.0 Å². The number of anilines is 1. The average Bonchev–Trinajstić information content (AvgIpc) is 3.46. The van der Waals surface area contributed by atoms with Gasteiger partial charge in [-0.25, -0.2) is 4.98 Å². The van der Waals surface area contributed by atoms with Crippen molar-refractivity contribution in [2.24, 2.45) is 10.2 Å². The first-order chi connectivity index (χ1) is 14.5. The van der Waals surface area contributed by atoms with Crippen LogP contribution < -0.4 is 5.32 Å². The van der Waals surface area contributed by atoms with Crippen LogP contribution >= 0.6 is 11.8 Å². The molecule has 0 spiro atoms. The van der Waals surface area contributed by atoms with Crippen molar-refractivity contribution in [1.82, 2.24) is 9.97 Å². The van der Waals surface area contributed by atoms with E-state index in [9.17, 15) is 4.79 Å². The Labute approximate surface area is 178 Å². The lowest BCUT2D eigenvalue weighted by molar-refractivity contribution is 0.102. The van der Waals surface area contributed by atoms with E-state index in [2.05, 4.69) is 31.4 Å². The van der Waals surface area contributed by atoms with Gasteiger partial charge in [0.2, 0.25) is 5.71 Å². The van der Waals surface area contributed by atoms with Crippen LogP contribution in [-0.2, 0) is 0 Å². The molecule has 1 aromatic carbocycles. The number of carbonyl (C=O) groups is 1. The van der Waals surface area contributed by atoms with Crippen LogP contribution in [0.3, 0.4) is 0 Å². The molecule has 1 amide bonds. The number of aromatic nitrogens is 2. The number of carbonyl (C=O) groups excluding carboxylic acids is 1. The maximum Gasteiger partial charge on any atom is 0.256 e. The van der Waals surface area contributed by atoms with E-state index >= 15 is 0 Å². The van der Waals surface area contributed by atoms with Crippen LogP contribution in [0.4, 0.5) is 5.82 Å². The van der Waals surface area contributed by atoms with Crippen molar-refractivity contribution in [3.05, 3.63) is 47.2 Å². The van der Waals surface area contributed by atoms with E-state index in [1.165, 1.54) is 11.8 Å². The first-order valence-electron chi connectivity index (χ1n) is 9.66. The van der Waals surface area contributed by atoms with E-state index in [0.29, 0.717) is 28.7 Å². The molecule has 0 unspecified atom stereocenters. The molecular weight excluding hydrogens is 398 g/mol. The minimum atomic E-state index is -0.342. The number of amides is 1. The Morgan fingerprint density at radius 2 is 1.97 bits per heavy atom. The van der Waals surface area contributed by atoms with E-state index < -0.39 is 0 Å². The number of nitrogens with one attached hydrogen (secondary N) is 1. The molecule has 1 aliphatic heterocycles. The van der Waals surface area contributed by atoms with E-state index in [0.717, 1.165) is 35.3 Å². The van der Waals surface area contributed by atoms with E-state index in [-0.39, 0.29) is 11.6 Å². The number of fused-ring (bicyclic) bond motifs is 1. The third kappa shape index (κ3) is 4.21. The summed E-state index contributed by atoms with van der Waals surface area (Å²) in [6.45, 7) is 3.80. The number of rotatable bonds is 8. The molecule has 0 fully saturated rings. The first kappa shape index (κ1) is 20.1. The number of terminal acetylenes is 1. The molecule has 0 aliphatic carbocycles. The fourth-order valence-electron chi connectivity index (χ4n) is 3.13. The van der Waals surface area contributed by atoms with Gasteiger partial charge in [-0.15, -0.1) is 12.3 Å². The highest BCUT2D eigenvalue weighted by Crippen LogP contribution is 2.38. The SMILES string of the molecule is C#CCCC1(CCSc2nc(NC(=O)c3ccccc3)c3c(C)c(C)oc3n2)N=N1. The van der Waals surface area contributed by atoms with Gasteiger partial charge in [-0.05, 0) is 26.0 Å². The molecule has 3 heterocycles. The van der Waals surface area contributed by atoms with Crippen LogP contribution in [0.5, 0.6) is 0 Å². The number of benzene rings is 1. The molecule has 4 rings (SSSR count). The number of hydrogen-bond donors (Lipinski definition) is 1. The minimum Gasteiger partial charge on any atom is -0.443 e. The Balaban J connectivity index is 1.54. The highest BCUT2D eigenvalue weighted by molar-refractivity contribution is 7.99. The Morgan fingerprint density at radius 3 is 2.67 bits per heavy atom. The van der Waals surface area contributed by atoms with E-state index in [4.69, 9.17) is 10.8 Å². The third-order valence-electron chi connectivity index (χ3n) is 5.06. The van der Waals surface area contributed by atoms with Gasteiger partial charge in [0.1, 0.15) is 11.6 Å². The normalized spacial score (nSPS) is 13.9. The number of hydrogen-bond acceptors (Lipinski definition) is 7. The fourth-order valence-corrected chi connectivity index (χ4v) is 4.04. The van der Waals surface area contributed by atoms with Crippen molar-refractivity contribution in [2.45, 2.75) is 43.9 Å². The summed E-state index contributed by atoms with van der Waals surface area (Å²) in [5.74, 6) is 4.34. The van der Waals surface area contributed by atoms with Gasteiger partial charge in [0.05, 0.1) is 5.39 Å². The summed E-state index contributed by atoms with van der Waals surface area (Å²) in [7, 11) is 0. The van der Waals surface area contributed by atoms with Crippen molar-refractivity contribution < 1.29 is 9.21 Å². The van der Waals surface area contributed by atoms with Crippen LogP contribution in [0.1, 0.15) is 40.9 Å². The highest BCUT2D eigenvalue weighted by atomic mass is 32.2. The third-order valence-corrected chi connectivity index (χ3v) is 5.91. The largest absolute Gasteiger partial charge is 0.443 e. The predicted octanol–water partition coefficient (Wildman–Crippen LogP) is 5.15. The van der Waals surface area contributed by atoms with Crippen molar-refractivity contribution in [3.8, 4) is 12.3 Å². The predicted molar refractivity (Wildman–Crippen MR) is 117 cm³/mol. The topological polar surface area (TPSA) is 92.7 Å². The Bertz CT molecular complexity index is 1160. The maximum atomic E-state index is 12.7. The molecule has 1 N–H and O–H groups in total. The van der Waals surface area contributed by atoms with Crippen LogP contribution in [0.15, 0.2) is 50.1 Å². The summed E-state index contributed by atoms with van der Waals surface area (Å²) in [4.78, 5) is 21.8. The molecule has 2 aromatic heterocycles. The molecule has 0 saturated heterocycles. The van der Waals surface area contributed by atoms with Crippen molar-refractivity contribution in [2.75, 3.05) is 11.1 Å². The lowest BCUT2D eigenvalue weighted by atomic mass is 10.1. The quantitative estimate of drug-likeness (QED) is 0.310. The molecule has 0 radical (unpaired) electrons. The van der Waals surface area contributed by atoms with Crippen LogP contribution in [0.25, 0.3) is 11.1 Å². The molecule has 0 saturated carbocycles. The summed E-state index contributed by atoms with van der Waals surface area (Å²) < 4.78 is 5.81. The summed E-state index contributed by atoms with van der Waals surface area (Å²) in [5, 5.41) is 12.5. The summed E-state index contributed by atoms with van der Waals surface area (Å²) in [5.41, 5.74) is 1.59. The number of aryl methyl sites for hydroxylation is 2. The molecular formula is C22H21N5O2S. The maximum absolute atomic E-state index is 12.7. The standard InChI is InChI=1S/C22H21N5O2S/c1-4-5-11-22(26-27-22)12-13-30-21-24-18(17-14(2)15(3)29-20(17)25-21)23-19(28)16-9-7-6-8-10-16/h1,6-10H,5,11-13H2,2-3H3,(H,23,24,25,28). The molecule has 0 atom stereocenters. The Hall–Kier alpha value is -3.18. The minimum absolute atomic E-state index is 0.228. The lowest BCUT2D eigenvalue weighted by Gasteiger charge is -2.10. The first-order valence-corrected chi connectivity index (χ1v) is 10.6. The second-order valence-corrected chi connectivity index (χ2v) is 8.19. The molecule has 3 aromatic rings. The van der Waals surface area contributed by atoms with Gasteiger partial charge in [-0.3, -0.25) is 4.79 Å². The van der Waals surface area contributed by atoms with Crippen LogP contribution in [0, 0.1) is 26.2 Å². The van der Waals surface area contributed by atoms with Crippen molar-refractivity contribution in [3.63, 3.8) is 0 Å². The molecule has 8 heteroatoms.